The van der Waals surface area contributed by atoms with Crippen LogP contribution in [-0.2, 0) is 21.4 Å². The maximum Gasteiger partial charge on any atom is 0.312 e. The van der Waals surface area contributed by atoms with Gasteiger partial charge >= 0.3 is 5.97 Å². The molecule has 4 unspecified atom stereocenters. The van der Waals surface area contributed by atoms with E-state index in [9.17, 15) is 14.7 Å². The molecule has 190 valence electrons. The zero-order valence-electron chi connectivity index (χ0n) is 21.1. The summed E-state index contributed by atoms with van der Waals surface area (Å²) in [5.74, 6) is -0.459. The summed E-state index contributed by atoms with van der Waals surface area (Å²) in [6.45, 7) is 0.681. The van der Waals surface area contributed by atoms with Crippen molar-refractivity contribution in [2.75, 3.05) is 26.5 Å². The number of nitrogens with zero attached hydrogens (tertiary/aromatic N) is 1. The summed E-state index contributed by atoms with van der Waals surface area (Å²) in [7, 11) is 1.61. The van der Waals surface area contributed by atoms with Crippen LogP contribution >= 0.6 is 11.8 Å². The van der Waals surface area contributed by atoms with E-state index < -0.39 is 16.8 Å². The number of ether oxygens (including phenoxy) is 1. The van der Waals surface area contributed by atoms with Crippen molar-refractivity contribution in [3.63, 3.8) is 0 Å². The van der Waals surface area contributed by atoms with E-state index in [-0.39, 0.29) is 30.7 Å². The van der Waals surface area contributed by atoms with Gasteiger partial charge in [-0.2, -0.15) is 0 Å². The number of hydrogen-bond acceptors (Lipinski definition) is 4. The molecule has 7 rings (SSSR count). The van der Waals surface area contributed by atoms with Crippen LogP contribution < -0.4 is 4.74 Å². The van der Waals surface area contributed by atoms with E-state index in [1.54, 1.807) is 18.9 Å². The number of benzene rings is 3. The second-order valence-corrected chi connectivity index (χ2v) is 11.4. The van der Waals surface area contributed by atoms with E-state index >= 15 is 0 Å². The number of thioether (sulfide) groups is 1. The third kappa shape index (κ3) is 3.38. The molecule has 1 amide bonds. The van der Waals surface area contributed by atoms with Crippen LogP contribution in [0.5, 0.6) is 5.75 Å². The fraction of sp³-hybridized carbons (Fsp3) is 0.355. The minimum absolute atomic E-state index is 0.0455. The third-order valence-electron chi connectivity index (χ3n) is 9.23. The van der Waals surface area contributed by atoms with Crippen LogP contribution in [0.15, 0.2) is 77.7 Å². The fourth-order valence-electron chi connectivity index (χ4n) is 7.66. The van der Waals surface area contributed by atoms with Crippen LogP contribution in [-0.4, -0.2) is 48.3 Å². The minimum atomic E-state index is -1.01. The lowest BCUT2D eigenvalue weighted by Gasteiger charge is -2.59. The van der Waals surface area contributed by atoms with Crippen LogP contribution in [0, 0.1) is 11.3 Å². The highest BCUT2D eigenvalue weighted by Gasteiger charge is 2.70. The van der Waals surface area contributed by atoms with Crippen molar-refractivity contribution >= 4 is 23.6 Å². The van der Waals surface area contributed by atoms with Gasteiger partial charge < -0.3 is 14.7 Å². The molecular formula is C31H31NO4S. The van der Waals surface area contributed by atoms with Crippen molar-refractivity contribution in [2.45, 2.75) is 35.5 Å². The van der Waals surface area contributed by atoms with E-state index in [0.717, 1.165) is 29.5 Å². The highest BCUT2D eigenvalue weighted by molar-refractivity contribution is 7.98. The smallest absolute Gasteiger partial charge is 0.312 e. The van der Waals surface area contributed by atoms with Crippen LogP contribution in [0.25, 0.3) is 0 Å². The first-order valence-corrected chi connectivity index (χ1v) is 14.0. The van der Waals surface area contributed by atoms with Gasteiger partial charge in [-0.05, 0) is 54.0 Å². The number of rotatable bonds is 6. The highest BCUT2D eigenvalue weighted by atomic mass is 32.2. The van der Waals surface area contributed by atoms with Crippen molar-refractivity contribution in [1.82, 2.24) is 4.90 Å². The molecule has 1 aliphatic heterocycles. The number of aliphatic carboxylic acids is 1. The predicted molar refractivity (Wildman–Crippen MR) is 144 cm³/mol. The molecule has 0 spiro atoms. The number of para-hydroxylation sites is 1. The molecule has 2 bridgehead atoms. The molecule has 1 heterocycles. The van der Waals surface area contributed by atoms with Gasteiger partial charge in [-0.15, -0.1) is 11.8 Å². The molecule has 4 atom stereocenters. The molecular weight excluding hydrogens is 482 g/mol. The maximum atomic E-state index is 13.7. The summed E-state index contributed by atoms with van der Waals surface area (Å²) in [6, 6.07) is 24.6. The Hall–Kier alpha value is -3.25. The standard InChI is InChI=1S/C31H31NO4S/c1-36-26-10-6-3-7-20(26)17-28(33)32-18-27-30(21-11-13-22(37-2)14-12-21)16-15-25(31(27,19-32)29(34)35)23-8-4-5-9-24(23)30/h3-14,25,27H,15-19H2,1-2H3,(H,34,35). The first-order valence-electron chi connectivity index (χ1n) is 12.8. The van der Waals surface area contributed by atoms with E-state index in [0.29, 0.717) is 12.3 Å². The topological polar surface area (TPSA) is 66.8 Å². The molecule has 37 heavy (non-hydrogen) atoms. The molecule has 0 aromatic heterocycles. The molecule has 2 fully saturated rings. The number of fused-ring (bicyclic) bond motifs is 1. The Kier molecular flexibility index (Phi) is 5.83. The van der Waals surface area contributed by atoms with Crippen molar-refractivity contribution in [3.05, 3.63) is 95.1 Å². The highest BCUT2D eigenvalue weighted by Crippen LogP contribution is 2.69. The van der Waals surface area contributed by atoms with E-state index in [1.807, 2.05) is 35.2 Å². The van der Waals surface area contributed by atoms with Gasteiger partial charge in [0.15, 0.2) is 0 Å². The van der Waals surface area contributed by atoms with Crippen molar-refractivity contribution in [1.29, 1.82) is 0 Å². The van der Waals surface area contributed by atoms with Gasteiger partial charge in [0.1, 0.15) is 5.75 Å². The van der Waals surface area contributed by atoms with E-state index in [4.69, 9.17) is 4.74 Å². The second-order valence-electron chi connectivity index (χ2n) is 10.5. The van der Waals surface area contributed by atoms with Gasteiger partial charge in [-0.1, -0.05) is 54.6 Å². The van der Waals surface area contributed by atoms with Gasteiger partial charge in [-0.25, -0.2) is 0 Å². The normalized spacial score (nSPS) is 27.5. The Bertz CT molecular complexity index is 1370. The van der Waals surface area contributed by atoms with E-state index in [1.165, 1.54) is 10.5 Å². The minimum Gasteiger partial charge on any atom is -0.496 e. The Morgan fingerprint density at radius 3 is 2.51 bits per heavy atom. The molecule has 3 aromatic rings. The number of amides is 1. The third-order valence-corrected chi connectivity index (χ3v) is 9.97. The molecule has 1 saturated carbocycles. The number of likely N-dealkylation sites (tertiary alicyclic amines) is 1. The van der Waals surface area contributed by atoms with Crippen LogP contribution in [0.3, 0.4) is 0 Å². The molecule has 4 aliphatic rings. The predicted octanol–water partition coefficient (Wildman–Crippen LogP) is 5.37. The number of carbonyl (C=O) groups is 2. The zero-order valence-corrected chi connectivity index (χ0v) is 22.0. The van der Waals surface area contributed by atoms with Gasteiger partial charge in [-0.3, -0.25) is 9.59 Å². The fourth-order valence-corrected chi connectivity index (χ4v) is 8.07. The van der Waals surface area contributed by atoms with Gasteiger partial charge in [0.2, 0.25) is 5.91 Å². The SMILES string of the molecule is COc1ccccc1CC(=O)N1CC2C3(c4ccc(SC)cc4)CCC(c4ccccc43)C2(C(=O)O)C1. The van der Waals surface area contributed by atoms with Gasteiger partial charge in [0.25, 0.3) is 0 Å². The summed E-state index contributed by atoms with van der Waals surface area (Å²) in [5, 5.41) is 10.9. The number of hydrogen-bond donors (Lipinski definition) is 1. The number of methoxy groups -OCH3 is 1. The molecule has 1 saturated heterocycles. The number of carboxylic acids is 1. The zero-order chi connectivity index (χ0) is 25.8. The van der Waals surface area contributed by atoms with Crippen LogP contribution in [0.1, 0.15) is 41.0 Å². The first kappa shape index (κ1) is 24.1. The second kappa shape index (κ2) is 8.95. The Morgan fingerprint density at radius 1 is 1.05 bits per heavy atom. The molecule has 3 aromatic carbocycles. The summed E-state index contributed by atoms with van der Waals surface area (Å²) in [5.41, 5.74) is 2.90. The van der Waals surface area contributed by atoms with Gasteiger partial charge in [0, 0.05) is 40.8 Å². The molecule has 6 heteroatoms. The summed E-state index contributed by atoms with van der Waals surface area (Å²) < 4.78 is 5.47. The van der Waals surface area contributed by atoms with Crippen LogP contribution in [0.4, 0.5) is 0 Å². The average molecular weight is 514 g/mol. The summed E-state index contributed by atoms with van der Waals surface area (Å²) in [4.78, 5) is 30.0. The molecule has 0 radical (unpaired) electrons. The molecule has 5 nitrogen and oxygen atoms in total. The van der Waals surface area contributed by atoms with Crippen molar-refractivity contribution in [2.24, 2.45) is 11.3 Å². The van der Waals surface area contributed by atoms with Crippen molar-refractivity contribution < 1.29 is 19.4 Å². The maximum absolute atomic E-state index is 13.7. The van der Waals surface area contributed by atoms with E-state index in [2.05, 4.69) is 48.7 Å². The molecule has 1 N–H and O–H groups in total. The lowest BCUT2D eigenvalue weighted by molar-refractivity contribution is -0.157. The summed E-state index contributed by atoms with van der Waals surface area (Å²) in [6.07, 6.45) is 3.95. The Morgan fingerprint density at radius 2 is 1.78 bits per heavy atom. The Balaban J connectivity index is 1.46. The Labute approximate surface area is 221 Å². The summed E-state index contributed by atoms with van der Waals surface area (Å²) >= 11 is 1.70. The lowest BCUT2D eigenvalue weighted by Crippen LogP contribution is -2.60. The first-order chi connectivity index (χ1) is 18.0. The number of carbonyl (C=O) groups excluding carboxylic acids is 1. The monoisotopic (exact) mass is 513 g/mol. The average Bonchev–Trinajstić information content (AvgIpc) is 3.38. The quantitative estimate of drug-likeness (QED) is 0.449. The van der Waals surface area contributed by atoms with Crippen LogP contribution in [0.2, 0.25) is 0 Å². The molecule has 3 aliphatic carbocycles. The van der Waals surface area contributed by atoms with Gasteiger partial charge in [0.05, 0.1) is 18.9 Å². The number of carboxylic acid groups (broad SMARTS) is 1. The largest absolute Gasteiger partial charge is 0.496 e. The lowest BCUT2D eigenvalue weighted by atomic mass is 9.42. The van der Waals surface area contributed by atoms with Crippen molar-refractivity contribution in [3.8, 4) is 5.75 Å².